The van der Waals surface area contributed by atoms with Crippen LogP contribution >= 0.6 is 17.0 Å². The van der Waals surface area contributed by atoms with Crippen molar-refractivity contribution < 1.29 is 9.21 Å². The van der Waals surface area contributed by atoms with Crippen LogP contribution in [-0.2, 0) is 6.54 Å². The van der Waals surface area contributed by atoms with E-state index in [2.05, 4.69) is 15.6 Å². The number of amides is 1. The molecule has 0 bridgehead atoms. The molecule has 2 rings (SSSR count). The fourth-order valence-corrected chi connectivity index (χ4v) is 1.49. The number of halogens is 1. The van der Waals surface area contributed by atoms with Crippen LogP contribution in [0.2, 0.25) is 0 Å². The Morgan fingerprint density at radius 3 is 2.84 bits per heavy atom. The predicted molar refractivity (Wildman–Crippen MR) is 77.3 cm³/mol. The van der Waals surface area contributed by atoms with Gasteiger partial charge in [0, 0.05) is 32.0 Å². The van der Waals surface area contributed by atoms with Gasteiger partial charge in [-0.15, -0.1) is 17.0 Å². The van der Waals surface area contributed by atoms with Crippen molar-refractivity contribution in [1.82, 2.24) is 15.6 Å². The highest BCUT2D eigenvalue weighted by atomic mass is 79.9. The molecule has 0 aliphatic rings. The van der Waals surface area contributed by atoms with Gasteiger partial charge >= 0.3 is 0 Å². The first-order chi connectivity index (χ1) is 8.86. The minimum absolute atomic E-state index is 0. The van der Waals surface area contributed by atoms with Crippen LogP contribution in [0.15, 0.2) is 47.3 Å². The lowest BCUT2D eigenvalue weighted by Gasteiger charge is -2.05. The molecule has 0 atom stereocenters. The highest BCUT2D eigenvalue weighted by molar-refractivity contribution is 8.93. The van der Waals surface area contributed by atoms with E-state index in [0.717, 1.165) is 12.1 Å². The van der Waals surface area contributed by atoms with Gasteiger partial charge in [0.2, 0.25) is 0 Å². The fraction of sp³-hybridized carbons (Fsp3) is 0.231. The van der Waals surface area contributed by atoms with Crippen LogP contribution in [0.3, 0.4) is 0 Å². The summed E-state index contributed by atoms with van der Waals surface area (Å²) in [5.74, 6) is 0.144. The Morgan fingerprint density at radius 1 is 1.26 bits per heavy atom. The van der Waals surface area contributed by atoms with Crippen LogP contribution in [0, 0.1) is 0 Å². The number of nitrogens with one attached hydrogen (secondary N) is 2. The molecule has 0 unspecified atom stereocenters. The first kappa shape index (κ1) is 15.4. The number of furan rings is 1. The third-order valence-electron chi connectivity index (χ3n) is 2.38. The van der Waals surface area contributed by atoms with Gasteiger partial charge in [-0.2, -0.15) is 0 Å². The molecule has 0 fully saturated rings. The zero-order valence-corrected chi connectivity index (χ0v) is 12.0. The van der Waals surface area contributed by atoms with Gasteiger partial charge < -0.3 is 15.1 Å². The smallest absolute Gasteiger partial charge is 0.287 e. The molecule has 0 saturated carbocycles. The molecule has 0 aliphatic heterocycles. The molecule has 2 N–H and O–H groups in total. The van der Waals surface area contributed by atoms with Crippen molar-refractivity contribution in [3.05, 3.63) is 54.2 Å². The molecule has 2 aromatic rings. The molecule has 0 spiro atoms. The second-order valence-corrected chi connectivity index (χ2v) is 3.77. The Balaban J connectivity index is 0.00000180. The number of carbonyl (C=O) groups excluding carboxylic acids is 1. The average Bonchev–Trinajstić information content (AvgIpc) is 2.93. The monoisotopic (exact) mass is 325 g/mol. The molecule has 5 nitrogen and oxygen atoms in total. The fourth-order valence-electron chi connectivity index (χ4n) is 1.49. The zero-order chi connectivity index (χ0) is 12.6. The van der Waals surface area contributed by atoms with E-state index in [1.807, 2.05) is 18.3 Å². The molecule has 0 aromatic carbocycles. The minimum Gasteiger partial charge on any atom is -0.459 e. The van der Waals surface area contributed by atoms with E-state index < -0.39 is 0 Å². The molecule has 102 valence electrons. The summed E-state index contributed by atoms with van der Waals surface area (Å²) in [7, 11) is 0. The molecule has 6 heteroatoms. The zero-order valence-electron chi connectivity index (χ0n) is 10.3. The lowest BCUT2D eigenvalue weighted by molar-refractivity contribution is 0.0926. The summed E-state index contributed by atoms with van der Waals surface area (Å²) in [5.41, 5.74) is 1.12. The standard InChI is InChI=1S/C13H15N3O2.BrH/c17-13(12-4-2-8-18-12)16-7-6-15-10-11-3-1-5-14-9-11;/h1-5,8-9,15H,6-7,10H2,(H,16,17);1H. The van der Waals surface area contributed by atoms with Gasteiger partial charge in [-0.25, -0.2) is 0 Å². The Kier molecular flexibility index (Phi) is 6.84. The van der Waals surface area contributed by atoms with E-state index >= 15 is 0 Å². The van der Waals surface area contributed by atoms with Crippen molar-refractivity contribution in [2.45, 2.75) is 6.54 Å². The Labute approximate surface area is 122 Å². The molecule has 19 heavy (non-hydrogen) atoms. The maximum atomic E-state index is 11.5. The van der Waals surface area contributed by atoms with Gasteiger partial charge in [0.1, 0.15) is 0 Å². The second-order valence-electron chi connectivity index (χ2n) is 3.77. The van der Waals surface area contributed by atoms with E-state index in [-0.39, 0.29) is 22.9 Å². The maximum absolute atomic E-state index is 11.5. The first-order valence-electron chi connectivity index (χ1n) is 5.77. The molecule has 2 heterocycles. The van der Waals surface area contributed by atoms with Crippen LogP contribution in [0.25, 0.3) is 0 Å². The first-order valence-corrected chi connectivity index (χ1v) is 5.77. The van der Waals surface area contributed by atoms with Gasteiger partial charge in [-0.1, -0.05) is 6.07 Å². The predicted octanol–water partition coefficient (Wildman–Crippen LogP) is 1.77. The largest absolute Gasteiger partial charge is 0.459 e. The number of hydrogen-bond donors (Lipinski definition) is 2. The van der Waals surface area contributed by atoms with Gasteiger partial charge in [0.05, 0.1) is 6.26 Å². The maximum Gasteiger partial charge on any atom is 0.287 e. The van der Waals surface area contributed by atoms with Gasteiger partial charge in [0.25, 0.3) is 5.91 Å². The van der Waals surface area contributed by atoms with Gasteiger partial charge in [-0.05, 0) is 23.8 Å². The van der Waals surface area contributed by atoms with Crippen molar-refractivity contribution in [3.8, 4) is 0 Å². The summed E-state index contributed by atoms with van der Waals surface area (Å²) >= 11 is 0. The number of aromatic nitrogens is 1. The number of pyridine rings is 1. The van der Waals surface area contributed by atoms with Gasteiger partial charge in [-0.3, -0.25) is 9.78 Å². The number of rotatable bonds is 6. The highest BCUT2D eigenvalue weighted by Gasteiger charge is 2.06. The second kappa shape index (κ2) is 8.44. The molecular formula is C13H16BrN3O2. The van der Waals surface area contributed by atoms with Crippen LogP contribution in [0.5, 0.6) is 0 Å². The van der Waals surface area contributed by atoms with Crippen LogP contribution < -0.4 is 10.6 Å². The summed E-state index contributed by atoms with van der Waals surface area (Å²) in [6, 6.07) is 7.23. The van der Waals surface area contributed by atoms with Crippen LogP contribution in [0.1, 0.15) is 16.1 Å². The molecule has 2 aromatic heterocycles. The highest BCUT2D eigenvalue weighted by Crippen LogP contribution is 1.98. The number of hydrogen-bond acceptors (Lipinski definition) is 4. The molecule has 0 saturated heterocycles. The van der Waals surface area contributed by atoms with Crippen molar-refractivity contribution in [1.29, 1.82) is 0 Å². The summed E-state index contributed by atoms with van der Waals surface area (Å²) in [6.45, 7) is 1.99. The van der Waals surface area contributed by atoms with Crippen LogP contribution in [-0.4, -0.2) is 24.0 Å². The number of carbonyl (C=O) groups is 1. The van der Waals surface area contributed by atoms with E-state index in [9.17, 15) is 4.79 Å². The molecule has 0 radical (unpaired) electrons. The van der Waals surface area contributed by atoms with E-state index in [1.54, 1.807) is 18.3 Å². The molecule has 0 aliphatic carbocycles. The topological polar surface area (TPSA) is 67.2 Å². The minimum atomic E-state index is -0.192. The van der Waals surface area contributed by atoms with E-state index in [4.69, 9.17) is 4.42 Å². The Morgan fingerprint density at radius 2 is 2.16 bits per heavy atom. The third kappa shape index (κ3) is 5.23. The van der Waals surface area contributed by atoms with Crippen molar-refractivity contribution >= 4 is 22.9 Å². The lowest BCUT2D eigenvalue weighted by Crippen LogP contribution is -2.31. The average molecular weight is 326 g/mol. The summed E-state index contributed by atoms with van der Waals surface area (Å²) in [4.78, 5) is 15.5. The SMILES string of the molecule is Br.O=C(NCCNCc1cccnc1)c1ccco1. The van der Waals surface area contributed by atoms with Crippen molar-refractivity contribution in [3.63, 3.8) is 0 Å². The van der Waals surface area contributed by atoms with E-state index in [1.165, 1.54) is 6.26 Å². The lowest BCUT2D eigenvalue weighted by atomic mass is 10.3. The summed E-state index contributed by atoms with van der Waals surface area (Å²) < 4.78 is 4.98. The Hall–Kier alpha value is -1.66. The van der Waals surface area contributed by atoms with Crippen LogP contribution in [0.4, 0.5) is 0 Å². The normalized spacial score (nSPS) is 9.68. The van der Waals surface area contributed by atoms with Crippen molar-refractivity contribution in [2.24, 2.45) is 0 Å². The molecule has 1 amide bonds. The quantitative estimate of drug-likeness (QED) is 0.794. The van der Waals surface area contributed by atoms with E-state index in [0.29, 0.717) is 18.8 Å². The van der Waals surface area contributed by atoms with Crippen molar-refractivity contribution in [2.75, 3.05) is 13.1 Å². The third-order valence-corrected chi connectivity index (χ3v) is 2.38. The summed E-state index contributed by atoms with van der Waals surface area (Å²) in [5, 5.41) is 5.98. The molecular weight excluding hydrogens is 310 g/mol. The number of nitrogens with zero attached hydrogens (tertiary/aromatic N) is 1. The van der Waals surface area contributed by atoms with Gasteiger partial charge in [0.15, 0.2) is 5.76 Å². The summed E-state index contributed by atoms with van der Waals surface area (Å²) in [6.07, 6.45) is 5.04. The Bertz CT molecular complexity index is 474.